The van der Waals surface area contributed by atoms with Gasteiger partial charge in [0.05, 0.1) is 18.2 Å². The van der Waals surface area contributed by atoms with Gasteiger partial charge in [-0.15, -0.1) is 0 Å². The van der Waals surface area contributed by atoms with Crippen LogP contribution in [0.1, 0.15) is 17.2 Å². The number of methoxy groups -OCH3 is 1. The molecule has 2 aromatic carbocycles. The topological polar surface area (TPSA) is 21.3 Å². The zero-order valence-corrected chi connectivity index (χ0v) is 15.0. The molecule has 0 saturated carbocycles. The number of benzene rings is 2. The van der Waals surface area contributed by atoms with Crippen LogP contribution in [-0.4, -0.2) is 14.2 Å². The quantitative estimate of drug-likeness (QED) is 0.737. The predicted molar refractivity (Wildman–Crippen MR) is 90.7 cm³/mol. The van der Waals surface area contributed by atoms with Crippen LogP contribution in [0.3, 0.4) is 0 Å². The second-order valence-electron chi connectivity index (χ2n) is 4.28. The molecule has 106 valence electrons. The highest BCUT2D eigenvalue weighted by atomic mass is 79.9. The average molecular weight is 420 g/mol. The molecular weight excluding hydrogens is 405 g/mol. The maximum atomic E-state index is 6.08. The molecule has 0 fully saturated rings. The Morgan fingerprint density at radius 3 is 2.50 bits per heavy atom. The van der Waals surface area contributed by atoms with Gasteiger partial charge in [-0.3, -0.25) is 0 Å². The molecule has 0 amide bonds. The number of ether oxygens (including phenoxy) is 1. The van der Waals surface area contributed by atoms with Crippen LogP contribution in [0.15, 0.2) is 45.3 Å². The van der Waals surface area contributed by atoms with E-state index in [4.69, 9.17) is 16.3 Å². The maximum absolute atomic E-state index is 6.08. The third kappa shape index (κ3) is 3.37. The van der Waals surface area contributed by atoms with E-state index in [0.29, 0.717) is 10.8 Å². The van der Waals surface area contributed by atoms with Gasteiger partial charge in [-0.25, -0.2) is 0 Å². The van der Waals surface area contributed by atoms with E-state index in [1.165, 1.54) is 0 Å². The Morgan fingerprint density at radius 1 is 1.15 bits per heavy atom. The Bertz CT molecular complexity index is 619. The zero-order valence-electron chi connectivity index (χ0n) is 11.1. The largest absolute Gasteiger partial charge is 0.495 e. The minimum absolute atomic E-state index is 0.0589. The van der Waals surface area contributed by atoms with Crippen molar-refractivity contribution in [3.05, 3.63) is 61.5 Å². The molecule has 1 atom stereocenters. The van der Waals surface area contributed by atoms with Gasteiger partial charge in [-0.05, 0) is 42.4 Å². The summed E-state index contributed by atoms with van der Waals surface area (Å²) in [6.45, 7) is 0. The van der Waals surface area contributed by atoms with E-state index in [2.05, 4.69) is 43.2 Å². The van der Waals surface area contributed by atoms with E-state index in [9.17, 15) is 0 Å². The summed E-state index contributed by atoms with van der Waals surface area (Å²) in [7, 11) is 3.55. The molecule has 2 nitrogen and oxygen atoms in total. The molecule has 20 heavy (non-hydrogen) atoms. The van der Waals surface area contributed by atoms with Crippen LogP contribution < -0.4 is 10.1 Å². The molecule has 0 bridgehead atoms. The van der Waals surface area contributed by atoms with E-state index in [-0.39, 0.29) is 6.04 Å². The Labute approximate surface area is 140 Å². The summed E-state index contributed by atoms with van der Waals surface area (Å²) in [5.74, 6) is 0.678. The van der Waals surface area contributed by atoms with Crippen molar-refractivity contribution in [2.45, 2.75) is 6.04 Å². The van der Waals surface area contributed by atoms with E-state index in [1.807, 2.05) is 37.4 Å². The second kappa shape index (κ2) is 6.94. The Kier molecular flexibility index (Phi) is 5.49. The minimum atomic E-state index is 0.0589. The van der Waals surface area contributed by atoms with Gasteiger partial charge >= 0.3 is 0 Å². The van der Waals surface area contributed by atoms with E-state index < -0.39 is 0 Å². The first-order chi connectivity index (χ1) is 9.56. The number of hydrogen-bond donors (Lipinski definition) is 1. The van der Waals surface area contributed by atoms with Gasteiger partial charge < -0.3 is 10.1 Å². The van der Waals surface area contributed by atoms with Gasteiger partial charge in [-0.1, -0.05) is 55.6 Å². The fourth-order valence-electron chi connectivity index (χ4n) is 2.09. The highest BCUT2D eigenvalue weighted by Gasteiger charge is 2.16. The van der Waals surface area contributed by atoms with Crippen LogP contribution in [0.4, 0.5) is 0 Å². The summed E-state index contributed by atoms with van der Waals surface area (Å²) in [4.78, 5) is 0. The van der Waals surface area contributed by atoms with Gasteiger partial charge in [0.15, 0.2) is 0 Å². The molecule has 0 aliphatic carbocycles. The lowest BCUT2D eigenvalue weighted by molar-refractivity contribution is 0.414. The summed E-state index contributed by atoms with van der Waals surface area (Å²) < 4.78 is 7.37. The smallest absolute Gasteiger partial charge is 0.137 e. The fourth-order valence-corrected chi connectivity index (χ4v) is 3.56. The van der Waals surface area contributed by atoms with Gasteiger partial charge in [-0.2, -0.15) is 0 Å². The molecule has 2 rings (SSSR count). The van der Waals surface area contributed by atoms with E-state index in [1.54, 1.807) is 7.11 Å². The van der Waals surface area contributed by atoms with Crippen LogP contribution >= 0.6 is 43.5 Å². The molecular formula is C15H14Br2ClNO. The summed E-state index contributed by atoms with van der Waals surface area (Å²) in [5.41, 5.74) is 2.25. The summed E-state index contributed by atoms with van der Waals surface area (Å²) >= 11 is 13.2. The van der Waals surface area contributed by atoms with Crippen molar-refractivity contribution in [3.8, 4) is 5.75 Å². The van der Waals surface area contributed by atoms with Gasteiger partial charge in [0.1, 0.15) is 5.75 Å². The van der Waals surface area contributed by atoms with Gasteiger partial charge in [0.25, 0.3) is 0 Å². The van der Waals surface area contributed by atoms with Crippen LogP contribution in [-0.2, 0) is 0 Å². The number of hydrogen-bond acceptors (Lipinski definition) is 2. The first-order valence-electron chi connectivity index (χ1n) is 6.02. The van der Waals surface area contributed by atoms with Crippen LogP contribution in [0.2, 0.25) is 5.02 Å². The standard InChI is InChI=1S/C15H14Br2ClNO/c1-19-15(11-5-4-10(16)8-12(11)17)9-3-6-13(18)14(7-9)20-2/h3-8,15,19H,1-2H3. The van der Waals surface area contributed by atoms with Crippen LogP contribution in [0, 0.1) is 0 Å². The average Bonchev–Trinajstić information content (AvgIpc) is 2.43. The van der Waals surface area contributed by atoms with Crippen LogP contribution in [0.5, 0.6) is 5.75 Å². The van der Waals surface area contributed by atoms with Gasteiger partial charge in [0, 0.05) is 8.95 Å². The fraction of sp³-hybridized carbons (Fsp3) is 0.200. The predicted octanol–water partition coefficient (Wildman–Crippen LogP) is 5.18. The molecule has 0 aromatic heterocycles. The highest BCUT2D eigenvalue weighted by molar-refractivity contribution is 9.11. The maximum Gasteiger partial charge on any atom is 0.137 e. The van der Waals surface area contributed by atoms with Crippen molar-refractivity contribution in [2.24, 2.45) is 0 Å². The minimum Gasteiger partial charge on any atom is -0.495 e. The lowest BCUT2D eigenvalue weighted by Crippen LogP contribution is -2.18. The molecule has 1 unspecified atom stereocenters. The molecule has 0 saturated heterocycles. The lowest BCUT2D eigenvalue weighted by atomic mass is 9.99. The van der Waals surface area contributed by atoms with Crippen molar-refractivity contribution >= 4 is 43.5 Å². The Hall–Kier alpha value is -0.550. The van der Waals surface area contributed by atoms with Crippen molar-refractivity contribution in [1.82, 2.24) is 5.32 Å². The zero-order chi connectivity index (χ0) is 14.7. The van der Waals surface area contributed by atoms with Crippen molar-refractivity contribution < 1.29 is 4.74 Å². The van der Waals surface area contributed by atoms with Crippen LogP contribution in [0.25, 0.3) is 0 Å². The molecule has 0 aliphatic rings. The second-order valence-corrected chi connectivity index (χ2v) is 6.46. The lowest BCUT2D eigenvalue weighted by Gasteiger charge is -2.20. The molecule has 0 spiro atoms. The van der Waals surface area contributed by atoms with Crippen molar-refractivity contribution in [1.29, 1.82) is 0 Å². The summed E-state index contributed by atoms with van der Waals surface area (Å²) in [6.07, 6.45) is 0. The summed E-state index contributed by atoms with van der Waals surface area (Å²) in [5, 5.41) is 3.93. The van der Waals surface area contributed by atoms with Gasteiger partial charge in [0.2, 0.25) is 0 Å². The SMILES string of the molecule is CNC(c1ccc(Cl)c(OC)c1)c1ccc(Br)cc1Br. The first-order valence-corrected chi connectivity index (χ1v) is 7.99. The van der Waals surface area contributed by atoms with E-state index in [0.717, 1.165) is 20.1 Å². The summed E-state index contributed by atoms with van der Waals surface area (Å²) in [6, 6.07) is 12.0. The van der Waals surface area contributed by atoms with Crippen molar-refractivity contribution in [3.63, 3.8) is 0 Å². The molecule has 0 radical (unpaired) electrons. The number of halogens is 3. The number of nitrogens with one attached hydrogen (secondary N) is 1. The molecule has 5 heteroatoms. The normalized spacial score (nSPS) is 12.2. The first kappa shape index (κ1) is 15.8. The Balaban J connectivity index is 2.46. The third-order valence-electron chi connectivity index (χ3n) is 3.07. The number of rotatable bonds is 4. The monoisotopic (exact) mass is 417 g/mol. The van der Waals surface area contributed by atoms with Crippen molar-refractivity contribution in [2.75, 3.05) is 14.2 Å². The Morgan fingerprint density at radius 2 is 1.90 bits per heavy atom. The van der Waals surface area contributed by atoms with E-state index >= 15 is 0 Å². The molecule has 2 aromatic rings. The highest BCUT2D eigenvalue weighted by Crippen LogP contribution is 2.34. The third-order valence-corrected chi connectivity index (χ3v) is 4.56. The molecule has 1 N–H and O–H groups in total. The molecule has 0 aliphatic heterocycles. The molecule has 0 heterocycles.